The first-order valence-corrected chi connectivity index (χ1v) is 13.8. The van der Waals surface area contributed by atoms with Gasteiger partial charge in [0.15, 0.2) is 0 Å². The maximum absolute atomic E-state index is 2.36. The molecule has 0 saturated heterocycles. The van der Waals surface area contributed by atoms with Crippen molar-refractivity contribution in [3.63, 3.8) is 0 Å². The van der Waals surface area contributed by atoms with Crippen LogP contribution in [0, 0.1) is 20.8 Å². The minimum atomic E-state index is 0.236. The van der Waals surface area contributed by atoms with E-state index in [-0.39, 0.29) is 20.3 Å². The third-order valence-corrected chi connectivity index (χ3v) is 7.77. The van der Waals surface area contributed by atoms with Gasteiger partial charge < -0.3 is 0 Å². The number of benzene rings is 2. The van der Waals surface area contributed by atoms with E-state index in [9.17, 15) is 0 Å². The molecule has 2 heteroatoms. The molecular formula is C31H50S2. The lowest BCUT2D eigenvalue weighted by molar-refractivity contribution is 0.584. The number of hydrogen-bond donors (Lipinski definition) is 0. The molecule has 0 N–H and O–H groups in total. The van der Waals surface area contributed by atoms with E-state index in [2.05, 4.69) is 134 Å². The van der Waals surface area contributed by atoms with Gasteiger partial charge in [-0.2, -0.15) is 0 Å². The first-order valence-electron chi connectivity index (χ1n) is 12.2. The van der Waals surface area contributed by atoms with Crippen molar-refractivity contribution < 1.29 is 0 Å². The Kier molecular flexibility index (Phi) is 9.89. The molecule has 0 heterocycles. The largest absolute Gasteiger partial charge is 0.120 e. The zero-order valence-electron chi connectivity index (χ0n) is 24.2. The highest BCUT2D eigenvalue weighted by atomic mass is 32.2. The summed E-state index contributed by atoms with van der Waals surface area (Å²) in [5, 5.41) is 0. The Hall–Kier alpha value is -0.860. The van der Waals surface area contributed by atoms with Crippen LogP contribution < -0.4 is 0 Å². The van der Waals surface area contributed by atoms with Crippen LogP contribution in [0.15, 0.2) is 40.1 Å². The van der Waals surface area contributed by atoms with E-state index in [1.54, 1.807) is 0 Å². The van der Waals surface area contributed by atoms with E-state index in [1.165, 1.54) is 37.6 Å². The normalized spacial score (nSPS) is 12.9. The molecule has 0 saturated carbocycles. The highest BCUT2D eigenvalue weighted by Crippen LogP contribution is 2.38. The molecule has 0 aromatic heterocycles. The van der Waals surface area contributed by atoms with Crippen molar-refractivity contribution in [1.82, 2.24) is 0 Å². The lowest BCUT2D eigenvalue weighted by atomic mass is 9.83. The highest BCUT2D eigenvalue weighted by molar-refractivity contribution is 8.00. The van der Waals surface area contributed by atoms with E-state index < -0.39 is 0 Å². The van der Waals surface area contributed by atoms with Crippen molar-refractivity contribution in [2.45, 2.75) is 134 Å². The summed E-state index contributed by atoms with van der Waals surface area (Å²) in [6, 6.07) is 11.6. The minimum Gasteiger partial charge on any atom is -0.120 e. The van der Waals surface area contributed by atoms with Crippen molar-refractivity contribution in [3.8, 4) is 0 Å². The first kappa shape index (κ1) is 30.2. The molecule has 33 heavy (non-hydrogen) atoms. The van der Waals surface area contributed by atoms with E-state index >= 15 is 0 Å². The van der Waals surface area contributed by atoms with Crippen LogP contribution in [-0.4, -0.2) is 9.49 Å². The van der Waals surface area contributed by atoms with E-state index in [0.29, 0.717) is 0 Å². The molecule has 2 aromatic rings. The molecule has 0 aliphatic rings. The number of aryl methyl sites for hydroxylation is 3. The van der Waals surface area contributed by atoms with Crippen LogP contribution in [0.3, 0.4) is 0 Å². The molecule has 186 valence electrons. The maximum Gasteiger partial charge on any atom is 0.0122 e. The zero-order chi connectivity index (χ0) is 26.0. The number of rotatable bonds is 2. The van der Waals surface area contributed by atoms with Crippen LogP contribution in [-0.2, 0) is 10.8 Å². The summed E-state index contributed by atoms with van der Waals surface area (Å²) in [5.41, 5.74) is 7.58. The summed E-state index contributed by atoms with van der Waals surface area (Å²) in [4.78, 5) is 2.82. The monoisotopic (exact) mass is 486 g/mol. The second-order valence-corrected chi connectivity index (χ2v) is 17.1. The molecule has 0 nitrogen and oxygen atoms in total. The first-order chi connectivity index (χ1) is 14.6. The summed E-state index contributed by atoms with van der Waals surface area (Å²) in [7, 11) is 0. The lowest BCUT2D eigenvalue weighted by Crippen LogP contribution is -2.14. The fourth-order valence-electron chi connectivity index (χ4n) is 3.60. The summed E-state index contributed by atoms with van der Waals surface area (Å²) < 4.78 is 0.564. The van der Waals surface area contributed by atoms with Crippen LogP contribution in [0.25, 0.3) is 0 Å². The number of thioether (sulfide) groups is 2. The molecule has 2 rings (SSSR count). The SMILES string of the molecule is Cc1cc(C(C)(C)C)c(C)cc1SC(C)(C)C.Cc1cc(C(C)(C)C)ccc1SC(C)(C)C. The van der Waals surface area contributed by atoms with Gasteiger partial charge in [-0.05, 0) is 71.6 Å². The van der Waals surface area contributed by atoms with Crippen LogP contribution in [0.2, 0.25) is 0 Å². The Morgan fingerprint density at radius 2 is 0.939 bits per heavy atom. The molecule has 0 radical (unpaired) electrons. The van der Waals surface area contributed by atoms with E-state index in [1.807, 2.05) is 23.5 Å². The van der Waals surface area contributed by atoms with Gasteiger partial charge in [0.25, 0.3) is 0 Å². The Morgan fingerprint density at radius 3 is 1.33 bits per heavy atom. The zero-order valence-corrected chi connectivity index (χ0v) is 25.8. The summed E-state index contributed by atoms with van der Waals surface area (Å²) >= 11 is 3.91. The fraction of sp³-hybridized carbons (Fsp3) is 0.613. The molecule has 0 unspecified atom stereocenters. The predicted molar refractivity (Wildman–Crippen MR) is 156 cm³/mol. The smallest absolute Gasteiger partial charge is 0.0122 e. The Labute approximate surface area is 215 Å². The number of hydrogen-bond acceptors (Lipinski definition) is 2. The average molecular weight is 487 g/mol. The van der Waals surface area contributed by atoms with Crippen LogP contribution >= 0.6 is 23.5 Å². The molecule has 0 aliphatic carbocycles. The van der Waals surface area contributed by atoms with Crippen molar-refractivity contribution in [3.05, 3.63) is 58.1 Å². The molecule has 0 spiro atoms. The minimum absolute atomic E-state index is 0.236. The summed E-state index contributed by atoms with van der Waals surface area (Å²) in [6.45, 7) is 33.9. The van der Waals surface area contributed by atoms with Crippen molar-refractivity contribution in [2.75, 3.05) is 0 Å². The summed E-state index contributed by atoms with van der Waals surface area (Å²) in [5.74, 6) is 0. The molecule has 0 amide bonds. The maximum atomic E-state index is 2.36. The standard InChI is InChI=1S/C16H26S.C15H24S/c1-11-10-14(17-16(6,7)8)12(2)9-13(11)15(3,4)5;1-11-10-12(14(2,3)4)8-9-13(11)16-15(5,6)7/h9-10H,1-8H3;8-10H,1-7H3. The molecular weight excluding hydrogens is 436 g/mol. The third kappa shape index (κ3) is 10.5. The van der Waals surface area contributed by atoms with Gasteiger partial charge in [0, 0.05) is 19.3 Å². The molecule has 0 fully saturated rings. The van der Waals surface area contributed by atoms with Gasteiger partial charge in [-0.1, -0.05) is 101 Å². The third-order valence-electron chi connectivity index (χ3n) is 5.20. The van der Waals surface area contributed by atoms with Gasteiger partial charge in [0.1, 0.15) is 0 Å². The molecule has 0 aliphatic heterocycles. The molecule has 2 aromatic carbocycles. The van der Waals surface area contributed by atoms with Crippen LogP contribution in [0.1, 0.15) is 111 Å². The quantitative estimate of drug-likeness (QED) is 0.387. The second-order valence-electron chi connectivity index (χ2n) is 13.3. The van der Waals surface area contributed by atoms with Crippen molar-refractivity contribution in [2.24, 2.45) is 0 Å². The van der Waals surface area contributed by atoms with Crippen LogP contribution in [0.4, 0.5) is 0 Å². The Balaban J connectivity index is 0.000000331. The van der Waals surface area contributed by atoms with Gasteiger partial charge >= 0.3 is 0 Å². The average Bonchev–Trinajstić information content (AvgIpc) is 2.56. The Morgan fingerprint density at radius 1 is 0.485 bits per heavy atom. The topological polar surface area (TPSA) is 0 Å². The van der Waals surface area contributed by atoms with Gasteiger partial charge in [0.2, 0.25) is 0 Å². The Bertz CT molecular complexity index is 924. The summed E-state index contributed by atoms with van der Waals surface area (Å²) in [6.07, 6.45) is 0. The molecule has 0 atom stereocenters. The highest BCUT2D eigenvalue weighted by Gasteiger charge is 2.20. The van der Waals surface area contributed by atoms with Gasteiger partial charge in [0.05, 0.1) is 0 Å². The van der Waals surface area contributed by atoms with Gasteiger partial charge in [-0.3, -0.25) is 0 Å². The van der Waals surface area contributed by atoms with Gasteiger partial charge in [-0.25, -0.2) is 0 Å². The van der Waals surface area contributed by atoms with Gasteiger partial charge in [-0.15, -0.1) is 23.5 Å². The van der Waals surface area contributed by atoms with Crippen LogP contribution in [0.5, 0.6) is 0 Å². The second kappa shape index (κ2) is 10.8. The van der Waals surface area contributed by atoms with E-state index in [0.717, 1.165) is 0 Å². The lowest BCUT2D eigenvalue weighted by Gasteiger charge is -2.25. The van der Waals surface area contributed by atoms with Crippen molar-refractivity contribution in [1.29, 1.82) is 0 Å². The molecule has 0 bridgehead atoms. The predicted octanol–water partition coefficient (Wildman–Crippen LogP) is 10.7. The fourth-order valence-corrected chi connectivity index (χ4v) is 5.73. The van der Waals surface area contributed by atoms with E-state index in [4.69, 9.17) is 0 Å². The van der Waals surface area contributed by atoms with Crippen molar-refractivity contribution >= 4 is 23.5 Å².